The summed E-state index contributed by atoms with van der Waals surface area (Å²) in [6.07, 6.45) is -0.228. The van der Waals surface area contributed by atoms with Gasteiger partial charge >= 0.3 is 5.97 Å². The van der Waals surface area contributed by atoms with Crippen LogP contribution >= 0.6 is 0 Å². The molecular weight excluding hydrogens is 432 g/mol. The summed E-state index contributed by atoms with van der Waals surface area (Å²) >= 11 is 0. The van der Waals surface area contributed by atoms with Crippen LogP contribution in [0, 0.1) is 29.9 Å². The molecule has 0 radical (unpaired) electrons. The van der Waals surface area contributed by atoms with Gasteiger partial charge in [0.1, 0.15) is 5.56 Å². The molecule has 0 spiro atoms. The van der Waals surface area contributed by atoms with Crippen molar-refractivity contribution in [2.75, 3.05) is 18.5 Å². The summed E-state index contributed by atoms with van der Waals surface area (Å²) in [5, 5.41) is 14.7. The Labute approximate surface area is 188 Å². The van der Waals surface area contributed by atoms with Crippen LogP contribution < -0.4 is 10.7 Å². The molecule has 0 bridgehead atoms. The highest BCUT2D eigenvalue weighted by Crippen LogP contribution is 2.21. The summed E-state index contributed by atoms with van der Waals surface area (Å²) in [6.45, 7) is 3.05. The molecule has 0 unspecified atom stereocenters. The second-order valence-electron chi connectivity index (χ2n) is 7.52. The molecule has 1 aliphatic heterocycles. The topological polar surface area (TPSA) is 148 Å². The van der Waals surface area contributed by atoms with Gasteiger partial charge in [-0.25, -0.2) is 0 Å². The van der Waals surface area contributed by atoms with E-state index in [2.05, 4.69) is 10.7 Å². The number of nitro benzene ring substituents is 1. The van der Waals surface area contributed by atoms with Gasteiger partial charge in [-0.2, -0.15) is 0 Å². The van der Waals surface area contributed by atoms with Gasteiger partial charge in [0.05, 0.1) is 17.4 Å². The van der Waals surface area contributed by atoms with E-state index in [1.807, 2.05) is 19.9 Å². The summed E-state index contributed by atoms with van der Waals surface area (Å²) in [7, 11) is 0. The van der Waals surface area contributed by atoms with Gasteiger partial charge in [0.15, 0.2) is 6.61 Å². The third-order valence-electron chi connectivity index (χ3n) is 5.26. The molecule has 1 atom stereocenters. The van der Waals surface area contributed by atoms with E-state index in [0.29, 0.717) is 5.69 Å². The number of hydrogen-bond donors (Lipinski definition) is 2. The Bertz CT molecular complexity index is 1130. The predicted octanol–water partition coefficient (Wildman–Crippen LogP) is 1.89. The Hall–Kier alpha value is -4.28. The second kappa shape index (κ2) is 9.90. The first-order valence-electron chi connectivity index (χ1n) is 10.0. The highest BCUT2D eigenvalue weighted by atomic mass is 16.6. The second-order valence-corrected chi connectivity index (χ2v) is 7.52. The summed E-state index contributed by atoms with van der Waals surface area (Å²) in [5.41, 5.74) is 4.16. The normalized spacial score (nSPS) is 15.2. The maximum absolute atomic E-state index is 12.4. The Balaban J connectivity index is 1.54. The SMILES string of the molecule is Cc1cccc(NC(=O)COC(=O)[C@@H]2CC(=O)N(NC(=O)c3ccccc3[N+](=O)[O-])C2)c1C. The zero-order chi connectivity index (χ0) is 24.1. The lowest BCUT2D eigenvalue weighted by molar-refractivity contribution is -0.385. The fourth-order valence-electron chi connectivity index (χ4n) is 3.31. The highest BCUT2D eigenvalue weighted by molar-refractivity contribution is 5.99. The van der Waals surface area contributed by atoms with Crippen molar-refractivity contribution in [3.63, 3.8) is 0 Å². The third-order valence-corrected chi connectivity index (χ3v) is 5.26. The van der Waals surface area contributed by atoms with Gasteiger partial charge in [-0.15, -0.1) is 0 Å². The number of ether oxygens (including phenoxy) is 1. The number of rotatable bonds is 7. The number of para-hydroxylation sites is 1. The number of aryl methyl sites for hydroxylation is 1. The van der Waals surface area contributed by atoms with Gasteiger partial charge in [-0.1, -0.05) is 24.3 Å². The van der Waals surface area contributed by atoms with Gasteiger partial charge in [0, 0.05) is 18.2 Å². The van der Waals surface area contributed by atoms with Crippen molar-refractivity contribution in [3.05, 3.63) is 69.3 Å². The summed E-state index contributed by atoms with van der Waals surface area (Å²) in [5.74, 6) is -3.58. The fourth-order valence-corrected chi connectivity index (χ4v) is 3.31. The molecule has 11 nitrogen and oxygen atoms in total. The molecule has 1 fully saturated rings. The molecule has 1 heterocycles. The molecule has 3 rings (SSSR count). The first-order chi connectivity index (χ1) is 15.7. The molecule has 33 heavy (non-hydrogen) atoms. The minimum Gasteiger partial charge on any atom is -0.455 e. The Morgan fingerprint density at radius 2 is 1.88 bits per heavy atom. The monoisotopic (exact) mass is 454 g/mol. The Kier molecular flexibility index (Phi) is 7.01. The number of esters is 1. The average Bonchev–Trinajstić information content (AvgIpc) is 3.15. The Morgan fingerprint density at radius 3 is 2.61 bits per heavy atom. The molecule has 0 aromatic heterocycles. The lowest BCUT2D eigenvalue weighted by Crippen LogP contribution is -2.43. The molecule has 11 heteroatoms. The minimum absolute atomic E-state index is 0.178. The molecular formula is C22H22N4O7. The number of benzene rings is 2. The van der Waals surface area contributed by atoms with Crippen molar-refractivity contribution in [2.45, 2.75) is 20.3 Å². The lowest BCUT2D eigenvalue weighted by atomic mass is 10.1. The smallest absolute Gasteiger partial charge is 0.311 e. The number of nitro groups is 1. The van der Waals surface area contributed by atoms with E-state index < -0.39 is 46.8 Å². The first-order valence-corrected chi connectivity index (χ1v) is 10.0. The van der Waals surface area contributed by atoms with Gasteiger partial charge in [0.2, 0.25) is 5.91 Å². The number of anilines is 1. The highest BCUT2D eigenvalue weighted by Gasteiger charge is 2.37. The van der Waals surface area contributed by atoms with Crippen molar-refractivity contribution in [1.82, 2.24) is 10.4 Å². The number of amides is 3. The minimum atomic E-state index is -0.892. The van der Waals surface area contributed by atoms with Gasteiger partial charge in [-0.05, 0) is 37.1 Å². The summed E-state index contributed by atoms with van der Waals surface area (Å²) < 4.78 is 5.04. The van der Waals surface area contributed by atoms with E-state index >= 15 is 0 Å². The largest absolute Gasteiger partial charge is 0.455 e. The van der Waals surface area contributed by atoms with Crippen LogP contribution in [-0.2, 0) is 19.1 Å². The number of hydrogen-bond acceptors (Lipinski definition) is 7. The van der Waals surface area contributed by atoms with E-state index in [1.165, 1.54) is 24.3 Å². The predicted molar refractivity (Wildman–Crippen MR) is 116 cm³/mol. The van der Waals surface area contributed by atoms with E-state index in [0.717, 1.165) is 16.1 Å². The molecule has 2 aromatic carbocycles. The van der Waals surface area contributed by atoms with E-state index in [1.54, 1.807) is 12.1 Å². The van der Waals surface area contributed by atoms with Crippen LogP contribution in [0.15, 0.2) is 42.5 Å². The van der Waals surface area contributed by atoms with E-state index in [9.17, 15) is 29.3 Å². The quantitative estimate of drug-likeness (QED) is 0.369. The van der Waals surface area contributed by atoms with Gasteiger partial charge in [0.25, 0.3) is 17.5 Å². The van der Waals surface area contributed by atoms with E-state index in [4.69, 9.17) is 4.74 Å². The van der Waals surface area contributed by atoms with Crippen LogP contribution in [0.4, 0.5) is 11.4 Å². The number of nitrogens with zero attached hydrogens (tertiary/aromatic N) is 2. The van der Waals surface area contributed by atoms with Crippen molar-refractivity contribution in [2.24, 2.45) is 5.92 Å². The molecule has 172 valence electrons. The molecule has 3 amide bonds. The van der Waals surface area contributed by atoms with Crippen LogP contribution in [0.2, 0.25) is 0 Å². The van der Waals surface area contributed by atoms with Crippen LogP contribution in [0.5, 0.6) is 0 Å². The number of hydrazine groups is 1. The summed E-state index contributed by atoms with van der Waals surface area (Å²) in [4.78, 5) is 59.5. The average molecular weight is 454 g/mol. The lowest BCUT2D eigenvalue weighted by Gasteiger charge is -2.17. The number of nitrogens with one attached hydrogen (secondary N) is 2. The number of carbonyl (C=O) groups excluding carboxylic acids is 4. The van der Waals surface area contributed by atoms with Gasteiger partial charge in [-0.3, -0.25) is 39.7 Å². The van der Waals surface area contributed by atoms with Crippen LogP contribution in [0.1, 0.15) is 27.9 Å². The Morgan fingerprint density at radius 1 is 1.15 bits per heavy atom. The molecule has 2 N–H and O–H groups in total. The molecule has 1 aliphatic rings. The van der Waals surface area contributed by atoms with Gasteiger partial charge < -0.3 is 10.1 Å². The van der Waals surface area contributed by atoms with Crippen molar-refractivity contribution in [1.29, 1.82) is 0 Å². The summed E-state index contributed by atoms with van der Waals surface area (Å²) in [6, 6.07) is 10.7. The number of carbonyl (C=O) groups is 4. The van der Waals surface area contributed by atoms with Crippen LogP contribution in [-0.4, -0.2) is 46.8 Å². The van der Waals surface area contributed by atoms with E-state index in [-0.39, 0.29) is 18.5 Å². The van der Waals surface area contributed by atoms with Crippen LogP contribution in [0.25, 0.3) is 0 Å². The van der Waals surface area contributed by atoms with Crippen LogP contribution in [0.3, 0.4) is 0 Å². The zero-order valence-electron chi connectivity index (χ0n) is 18.0. The fraction of sp³-hybridized carbons (Fsp3) is 0.273. The third kappa shape index (κ3) is 5.50. The van der Waals surface area contributed by atoms with Crippen molar-refractivity contribution < 1.29 is 28.8 Å². The molecule has 1 saturated heterocycles. The zero-order valence-corrected chi connectivity index (χ0v) is 18.0. The van der Waals surface area contributed by atoms with Crippen molar-refractivity contribution in [3.8, 4) is 0 Å². The molecule has 0 aliphatic carbocycles. The van der Waals surface area contributed by atoms with Crippen molar-refractivity contribution >= 4 is 35.1 Å². The maximum atomic E-state index is 12.4. The standard InChI is InChI=1S/C22H22N4O7/c1-13-6-5-8-17(14(13)2)23-19(27)12-33-22(30)15-10-20(28)25(11-15)24-21(29)16-7-3-4-9-18(16)26(31)32/h3-9,15H,10-12H2,1-2H3,(H,23,27)(H,24,29)/t15-/m1/s1. The first kappa shape index (κ1) is 23.4. The maximum Gasteiger partial charge on any atom is 0.311 e. The molecule has 2 aromatic rings. The molecule has 0 saturated carbocycles.